The maximum Gasteiger partial charge on any atom is 0.348 e. The number of carbonyl (C=O) groups is 9. The molecule has 0 aromatic heterocycles. The Hall–Kier alpha value is -9.19. The van der Waals surface area contributed by atoms with Gasteiger partial charge in [-0.05, 0) is 89.8 Å². The van der Waals surface area contributed by atoms with E-state index in [0.29, 0.717) is 34.3 Å². The van der Waals surface area contributed by atoms with Crippen molar-refractivity contribution in [2.24, 2.45) is 0 Å². The van der Waals surface area contributed by atoms with E-state index in [1.165, 1.54) is 60.8 Å². The third-order valence-electron chi connectivity index (χ3n) is 16.5. The lowest BCUT2D eigenvalue weighted by Gasteiger charge is -2.46. The molecule has 0 aromatic rings. The molecule has 0 radical (unpaired) electrons. The number of allylic oxidation sites excluding steroid dienone is 12. The minimum atomic E-state index is -4.44. The lowest BCUT2D eigenvalue weighted by Crippen LogP contribution is -2.60. The molecule has 2 saturated carbocycles. The molecule has 0 bridgehead atoms. The molecular formula is C61H70N4O24S2. The molecule has 6 aliphatic heterocycles. The maximum atomic E-state index is 13.4. The van der Waals surface area contributed by atoms with Gasteiger partial charge < -0.3 is 53.2 Å². The Kier molecular flexibility index (Phi) is 19.6. The summed E-state index contributed by atoms with van der Waals surface area (Å²) in [6, 6.07) is -2.88. The van der Waals surface area contributed by atoms with Crippen molar-refractivity contribution in [3.63, 3.8) is 0 Å². The maximum absolute atomic E-state index is 13.4. The number of hydrogen-bond acceptors (Lipinski definition) is 24. The minimum Gasteiger partial charge on any atom is -0.493 e. The van der Waals surface area contributed by atoms with Crippen molar-refractivity contribution in [3.05, 3.63) is 142 Å². The van der Waals surface area contributed by atoms with Crippen LogP contribution < -0.4 is 0 Å². The summed E-state index contributed by atoms with van der Waals surface area (Å²) in [6.07, 6.45) is 18.0. The normalized spacial score (nSPS) is 24.4. The number of esters is 6. The summed E-state index contributed by atoms with van der Waals surface area (Å²) in [5, 5.41) is 32.6. The minimum absolute atomic E-state index is 0.199. The molecule has 3 amide bonds. The van der Waals surface area contributed by atoms with E-state index in [1.54, 1.807) is 55.4 Å². The Bertz CT molecular complexity index is 3630. The summed E-state index contributed by atoms with van der Waals surface area (Å²) in [7, 11) is -8.82. The van der Waals surface area contributed by atoms with E-state index >= 15 is 0 Å². The van der Waals surface area contributed by atoms with Gasteiger partial charge in [0.15, 0.2) is 0 Å². The molecular weight excluding hydrogens is 1240 g/mol. The van der Waals surface area contributed by atoms with Crippen molar-refractivity contribution in [1.29, 1.82) is 0 Å². The van der Waals surface area contributed by atoms with E-state index in [2.05, 4.69) is 0 Å². The van der Waals surface area contributed by atoms with Crippen molar-refractivity contribution >= 4 is 74.0 Å². The summed E-state index contributed by atoms with van der Waals surface area (Å²) in [4.78, 5) is 119. The lowest BCUT2D eigenvalue weighted by atomic mass is 9.87. The Balaban J connectivity index is 0.811. The van der Waals surface area contributed by atoms with Gasteiger partial charge in [0.1, 0.15) is 33.4 Å². The highest BCUT2D eigenvalue weighted by molar-refractivity contribution is 7.88. The van der Waals surface area contributed by atoms with E-state index in [9.17, 15) is 75.3 Å². The van der Waals surface area contributed by atoms with Crippen LogP contribution in [-0.4, -0.2) is 150 Å². The van der Waals surface area contributed by atoms with Gasteiger partial charge in [-0.15, -0.1) is 0 Å². The van der Waals surface area contributed by atoms with Crippen LogP contribution in [0, 0.1) is 0 Å². The average Bonchev–Trinajstić information content (AvgIpc) is 0.791. The SMILES string of the molecule is CCC(C)N1C(=O)C(=C/C=C/C=C/C2=C(O)OC3(CCC4(CC3)OC(=O)C(=C/C=C/C=C/C3=C(O)OC5(CCC6(CC5)OC(=O)C(=C/C=C/C=C/C5=C(O)N(C(C)CC)S(=O)(=O)N(C(C)CC)C5=O)C(=O)O6)OC3=O)C(=O)O4)OC2=O)C(=O)N(C(C)CC)S1(=O)=O. The van der Waals surface area contributed by atoms with Gasteiger partial charge in [-0.2, -0.15) is 16.8 Å². The van der Waals surface area contributed by atoms with E-state index in [-0.39, 0.29) is 56.9 Å². The first kappa shape index (κ1) is 67.7. The summed E-state index contributed by atoms with van der Waals surface area (Å²) in [5.74, 6) is -18.5. The van der Waals surface area contributed by atoms with Crippen molar-refractivity contribution in [3.8, 4) is 0 Å². The molecule has 490 valence electrons. The monoisotopic (exact) mass is 1310 g/mol. The number of aliphatic hydroxyl groups is 3. The highest BCUT2D eigenvalue weighted by Crippen LogP contribution is 2.48. The largest absolute Gasteiger partial charge is 0.493 e. The fourth-order valence-corrected chi connectivity index (χ4v) is 14.7. The molecule has 8 aliphatic rings. The van der Waals surface area contributed by atoms with Crippen molar-refractivity contribution < 1.29 is 113 Å². The van der Waals surface area contributed by atoms with Crippen LogP contribution in [0.5, 0.6) is 0 Å². The number of aliphatic hydroxyl groups excluding tert-OH is 3. The molecule has 28 nitrogen and oxygen atoms in total. The Morgan fingerprint density at radius 2 is 0.626 bits per heavy atom. The third-order valence-corrected chi connectivity index (χ3v) is 20.6. The van der Waals surface area contributed by atoms with Gasteiger partial charge in [-0.25, -0.2) is 46.0 Å². The number of ether oxygens (including phenoxy) is 8. The first-order valence-corrected chi connectivity index (χ1v) is 32.2. The summed E-state index contributed by atoms with van der Waals surface area (Å²) in [6.45, 7) is 13.1. The van der Waals surface area contributed by atoms with Gasteiger partial charge in [0.05, 0.1) is 0 Å². The zero-order valence-electron chi connectivity index (χ0n) is 51.0. The molecule has 3 saturated heterocycles. The molecule has 3 N–H and O–H groups in total. The summed E-state index contributed by atoms with van der Waals surface area (Å²) in [5.41, 5.74) is -2.50. The quantitative estimate of drug-likeness (QED) is 0.0480. The van der Waals surface area contributed by atoms with Crippen LogP contribution in [0.15, 0.2) is 142 Å². The van der Waals surface area contributed by atoms with E-state index in [0.717, 1.165) is 39.0 Å². The number of nitrogens with zero attached hydrogens (tertiary/aromatic N) is 4. The van der Waals surface area contributed by atoms with Gasteiger partial charge in [0, 0.05) is 75.5 Å². The topological polar surface area (TPSA) is 369 Å². The molecule has 4 spiro atoms. The number of carbonyl (C=O) groups excluding carboxylic acids is 9. The Morgan fingerprint density at radius 1 is 0.363 bits per heavy atom. The van der Waals surface area contributed by atoms with Crippen LogP contribution in [0.2, 0.25) is 0 Å². The molecule has 4 unspecified atom stereocenters. The molecule has 4 atom stereocenters. The van der Waals surface area contributed by atoms with E-state index in [1.807, 2.05) is 0 Å². The second-order valence-electron chi connectivity index (χ2n) is 22.5. The Labute approximate surface area is 524 Å². The molecule has 0 aromatic carbocycles. The zero-order chi connectivity index (χ0) is 66.8. The van der Waals surface area contributed by atoms with Gasteiger partial charge >= 0.3 is 56.2 Å². The summed E-state index contributed by atoms with van der Waals surface area (Å²) >= 11 is 0. The number of rotatable bonds is 17. The van der Waals surface area contributed by atoms with Crippen molar-refractivity contribution in [2.45, 2.75) is 180 Å². The van der Waals surface area contributed by atoms with Crippen LogP contribution in [0.4, 0.5) is 0 Å². The second-order valence-corrected chi connectivity index (χ2v) is 25.8. The predicted molar refractivity (Wildman–Crippen MR) is 314 cm³/mol. The summed E-state index contributed by atoms with van der Waals surface area (Å²) < 4.78 is 101. The van der Waals surface area contributed by atoms with Gasteiger partial charge in [-0.3, -0.25) is 14.4 Å². The van der Waals surface area contributed by atoms with Crippen LogP contribution >= 0.6 is 0 Å². The average molecular weight is 1310 g/mol. The molecule has 91 heavy (non-hydrogen) atoms. The molecule has 8 rings (SSSR count). The van der Waals surface area contributed by atoms with E-state index < -0.39 is 167 Å². The van der Waals surface area contributed by atoms with Gasteiger partial charge in [0.2, 0.25) is 5.88 Å². The number of amides is 3. The standard InChI is InChI=1S/C61H70N4O24S2/c1-9-36(5)62-46(66)40(47(67)63(37(6)10-2)90(62,78)79)22-16-13-18-24-42-50(70)82-58(83-51(42)71)28-32-60(33-29-58)86-54(74)44(55(75)87-60)26-20-15-21-27-45-56(76)88-61(89-57(45)77)34-30-59(31-35-61)84-52(72)43(53(73)85-59)25-19-14-17-23-41-48(68)64(38(7)11-3)91(80,81)65(49(41)69)39(8)12-4/h13-27,36-39,66,72,74H,9-12,28-35H2,1-8H3/b17-14+,18-13+,21-15+,22-16+,25-19+,26-20+,41-23?,42-24?,45-27?. The highest BCUT2D eigenvalue weighted by atomic mass is 32.2. The third kappa shape index (κ3) is 13.2. The Morgan fingerprint density at radius 3 is 0.945 bits per heavy atom. The fourth-order valence-electron chi connectivity index (χ4n) is 10.7. The predicted octanol–water partition coefficient (Wildman–Crippen LogP) is 6.19. The lowest BCUT2D eigenvalue weighted by molar-refractivity contribution is -0.297. The first-order chi connectivity index (χ1) is 42.9. The molecule has 5 fully saturated rings. The van der Waals surface area contributed by atoms with Crippen molar-refractivity contribution in [2.75, 3.05) is 0 Å². The fraction of sp³-hybridized carbons (Fsp3) is 0.459. The van der Waals surface area contributed by atoms with E-state index in [4.69, 9.17) is 37.9 Å². The van der Waals surface area contributed by atoms with Crippen LogP contribution in [0.3, 0.4) is 0 Å². The second kappa shape index (κ2) is 26.3. The molecule has 2 aliphatic carbocycles. The molecule has 6 heterocycles. The highest BCUT2D eigenvalue weighted by Gasteiger charge is 2.58. The first-order valence-electron chi connectivity index (χ1n) is 29.4. The van der Waals surface area contributed by atoms with Crippen LogP contribution in [-0.2, 0) is 101 Å². The van der Waals surface area contributed by atoms with Crippen molar-refractivity contribution in [1.82, 2.24) is 17.2 Å². The zero-order valence-corrected chi connectivity index (χ0v) is 52.6. The molecule has 30 heteroatoms. The van der Waals surface area contributed by atoms with Gasteiger partial charge in [-0.1, -0.05) is 82.4 Å². The smallest absolute Gasteiger partial charge is 0.348 e. The van der Waals surface area contributed by atoms with Gasteiger partial charge in [0.25, 0.3) is 52.8 Å². The van der Waals surface area contributed by atoms with Crippen LogP contribution in [0.1, 0.15) is 132 Å². The van der Waals surface area contributed by atoms with Crippen LogP contribution in [0.25, 0.3) is 0 Å². The number of hydrogen-bond donors (Lipinski definition) is 3.